The highest BCUT2D eigenvalue weighted by Crippen LogP contribution is 2.45. The lowest BCUT2D eigenvalue weighted by atomic mass is 9.63. The van der Waals surface area contributed by atoms with Crippen LogP contribution in [0.5, 0.6) is 0 Å². The molecule has 1 aliphatic carbocycles. The molecule has 2 aromatic carbocycles. The Kier molecular flexibility index (Phi) is 5.07. The van der Waals surface area contributed by atoms with Gasteiger partial charge in [0.2, 0.25) is 5.91 Å². The van der Waals surface area contributed by atoms with Crippen LogP contribution in [0.15, 0.2) is 48.5 Å². The van der Waals surface area contributed by atoms with Crippen LogP contribution >= 0.6 is 0 Å². The Hall–Kier alpha value is -2.69. The van der Waals surface area contributed by atoms with Crippen LogP contribution in [0.1, 0.15) is 40.7 Å². The fourth-order valence-corrected chi connectivity index (χ4v) is 3.54. The number of carbonyl (C=O) groups excluding carboxylic acids is 2. The van der Waals surface area contributed by atoms with Crippen LogP contribution in [0.25, 0.3) is 0 Å². The first kappa shape index (κ1) is 18.1. The van der Waals surface area contributed by atoms with Crippen molar-refractivity contribution >= 4 is 11.8 Å². The third kappa shape index (κ3) is 3.34. The van der Waals surface area contributed by atoms with Gasteiger partial charge in [-0.2, -0.15) is 0 Å². The second-order valence-electron chi connectivity index (χ2n) is 6.88. The molecule has 0 atom stereocenters. The molecule has 0 bridgehead atoms. The summed E-state index contributed by atoms with van der Waals surface area (Å²) in [5.74, 6) is -0.364. The van der Waals surface area contributed by atoms with Gasteiger partial charge in [0, 0.05) is 26.2 Å². The lowest BCUT2D eigenvalue weighted by Crippen LogP contribution is -2.49. The van der Waals surface area contributed by atoms with Crippen LogP contribution in [0, 0.1) is 5.82 Å². The van der Waals surface area contributed by atoms with Gasteiger partial charge in [-0.05, 0) is 48.2 Å². The molecule has 0 aromatic heterocycles. The molecule has 0 aliphatic heterocycles. The monoisotopic (exact) mass is 354 g/mol. The molecule has 0 radical (unpaired) electrons. The molecule has 1 aliphatic rings. The van der Waals surface area contributed by atoms with Gasteiger partial charge in [-0.25, -0.2) is 4.39 Å². The van der Waals surface area contributed by atoms with Gasteiger partial charge in [-0.15, -0.1) is 0 Å². The summed E-state index contributed by atoms with van der Waals surface area (Å²) in [6.07, 6.45) is 2.58. The summed E-state index contributed by atoms with van der Waals surface area (Å²) in [6, 6.07) is 13.5. The largest absolute Gasteiger partial charge is 0.355 e. The molecule has 3 rings (SSSR count). The number of nitrogens with one attached hydrogen (secondary N) is 1. The molecule has 26 heavy (non-hydrogen) atoms. The quantitative estimate of drug-likeness (QED) is 0.896. The smallest absolute Gasteiger partial charge is 0.251 e. The SMILES string of the molecule is CNC(=O)c1ccc(CN(C)C(=O)C2(c3ccc(F)cc3)CCC2)cc1. The van der Waals surface area contributed by atoms with E-state index in [9.17, 15) is 14.0 Å². The normalized spacial score (nSPS) is 15.0. The second kappa shape index (κ2) is 7.28. The Bertz CT molecular complexity index is 796. The van der Waals surface area contributed by atoms with Gasteiger partial charge >= 0.3 is 0 Å². The van der Waals surface area contributed by atoms with Crippen LogP contribution in [-0.2, 0) is 16.8 Å². The zero-order valence-electron chi connectivity index (χ0n) is 15.1. The van der Waals surface area contributed by atoms with E-state index in [2.05, 4.69) is 5.32 Å². The summed E-state index contributed by atoms with van der Waals surface area (Å²) >= 11 is 0. The molecular weight excluding hydrogens is 331 g/mol. The molecule has 136 valence electrons. The third-order valence-electron chi connectivity index (χ3n) is 5.22. The number of nitrogens with zero attached hydrogens (tertiary/aromatic N) is 1. The Morgan fingerprint density at radius 1 is 1.08 bits per heavy atom. The van der Waals surface area contributed by atoms with Crippen molar-refractivity contribution in [2.45, 2.75) is 31.2 Å². The molecule has 1 fully saturated rings. The molecule has 1 N–H and O–H groups in total. The van der Waals surface area contributed by atoms with Crippen LogP contribution < -0.4 is 5.32 Å². The topological polar surface area (TPSA) is 49.4 Å². The minimum atomic E-state index is -0.537. The Morgan fingerprint density at radius 2 is 1.69 bits per heavy atom. The summed E-state index contributed by atoms with van der Waals surface area (Å²) in [4.78, 5) is 26.5. The summed E-state index contributed by atoms with van der Waals surface area (Å²) in [6.45, 7) is 0.468. The van der Waals surface area contributed by atoms with E-state index in [1.54, 1.807) is 43.3 Å². The van der Waals surface area contributed by atoms with Gasteiger partial charge in [0.25, 0.3) is 5.91 Å². The molecule has 0 saturated heterocycles. The third-order valence-corrected chi connectivity index (χ3v) is 5.22. The zero-order valence-corrected chi connectivity index (χ0v) is 15.1. The summed E-state index contributed by atoms with van der Waals surface area (Å²) in [5, 5.41) is 2.59. The van der Waals surface area contributed by atoms with Crippen LogP contribution in [0.2, 0.25) is 0 Å². The maximum absolute atomic E-state index is 13.2. The number of hydrogen-bond donors (Lipinski definition) is 1. The van der Waals surface area contributed by atoms with Gasteiger partial charge < -0.3 is 10.2 Å². The van der Waals surface area contributed by atoms with Crippen molar-refractivity contribution in [3.8, 4) is 0 Å². The van der Waals surface area contributed by atoms with E-state index < -0.39 is 5.41 Å². The number of hydrogen-bond acceptors (Lipinski definition) is 2. The fraction of sp³-hybridized carbons (Fsp3) is 0.333. The Labute approximate surface area is 153 Å². The van der Waals surface area contributed by atoms with Gasteiger partial charge in [0.1, 0.15) is 5.82 Å². The molecule has 5 heteroatoms. The average Bonchev–Trinajstić information content (AvgIpc) is 2.62. The number of carbonyl (C=O) groups is 2. The van der Waals surface area contributed by atoms with E-state index in [0.717, 1.165) is 30.4 Å². The molecule has 4 nitrogen and oxygen atoms in total. The zero-order chi connectivity index (χ0) is 18.7. The highest BCUT2D eigenvalue weighted by atomic mass is 19.1. The molecule has 0 spiro atoms. The van der Waals surface area contributed by atoms with E-state index in [-0.39, 0.29) is 17.6 Å². The van der Waals surface area contributed by atoms with Gasteiger partial charge in [-0.3, -0.25) is 9.59 Å². The van der Waals surface area contributed by atoms with Crippen molar-refractivity contribution < 1.29 is 14.0 Å². The summed E-state index contributed by atoms with van der Waals surface area (Å²) in [5.41, 5.74) is 1.90. The van der Waals surface area contributed by atoms with Crippen LogP contribution in [0.3, 0.4) is 0 Å². The van der Waals surface area contributed by atoms with Gasteiger partial charge in [0.15, 0.2) is 0 Å². The fourth-order valence-electron chi connectivity index (χ4n) is 3.54. The number of amides is 2. The van der Waals surface area contributed by atoms with E-state index in [1.807, 2.05) is 12.1 Å². The van der Waals surface area contributed by atoms with Crippen molar-refractivity contribution in [1.29, 1.82) is 0 Å². The Balaban J connectivity index is 1.74. The van der Waals surface area contributed by atoms with Crippen molar-refractivity contribution in [2.75, 3.05) is 14.1 Å². The maximum atomic E-state index is 13.2. The lowest BCUT2D eigenvalue weighted by Gasteiger charge is -2.43. The predicted octanol–water partition coefficient (Wildman–Crippen LogP) is 3.27. The molecule has 0 unspecified atom stereocenters. The number of benzene rings is 2. The van der Waals surface area contributed by atoms with Crippen molar-refractivity contribution in [3.63, 3.8) is 0 Å². The first-order chi connectivity index (χ1) is 12.5. The Morgan fingerprint density at radius 3 is 2.19 bits per heavy atom. The van der Waals surface area contributed by atoms with Crippen LogP contribution in [0.4, 0.5) is 4.39 Å². The highest BCUT2D eigenvalue weighted by molar-refractivity contribution is 5.94. The summed E-state index contributed by atoms with van der Waals surface area (Å²) in [7, 11) is 3.38. The van der Waals surface area contributed by atoms with E-state index in [0.29, 0.717) is 12.1 Å². The van der Waals surface area contributed by atoms with Gasteiger partial charge in [0.05, 0.1) is 5.41 Å². The lowest BCUT2D eigenvalue weighted by molar-refractivity contribution is -0.140. The second-order valence-corrected chi connectivity index (χ2v) is 6.88. The summed E-state index contributed by atoms with van der Waals surface area (Å²) < 4.78 is 13.2. The van der Waals surface area contributed by atoms with Crippen LogP contribution in [-0.4, -0.2) is 30.8 Å². The maximum Gasteiger partial charge on any atom is 0.251 e. The van der Waals surface area contributed by atoms with E-state index >= 15 is 0 Å². The number of rotatable bonds is 5. The molecular formula is C21H23FN2O2. The first-order valence-electron chi connectivity index (χ1n) is 8.79. The number of halogens is 1. The molecule has 2 amide bonds. The van der Waals surface area contributed by atoms with E-state index in [4.69, 9.17) is 0 Å². The molecule has 1 saturated carbocycles. The highest BCUT2D eigenvalue weighted by Gasteiger charge is 2.46. The first-order valence-corrected chi connectivity index (χ1v) is 8.79. The molecule has 0 heterocycles. The average molecular weight is 354 g/mol. The minimum Gasteiger partial charge on any atom is -0.355 e. The van der Waals surface area contributed by atoms with Crippen molar-refractivity contribution in [1.82, 2.24) is 10.2 Å². The standard InChI is InChI=1S/C21H23FN2O2/c1-23-19(25)16-6-4-15(5-7-16)14-24(2)20(26)21(12-3-13-21)17-8-10-18(22)11-9-17/h4-11H,3,12-14H2,1-2H3,(H,23,25). The van der Waals surface area contributed by atoms with E-state index in [1.165, 1.54) is 12.1 Å². The predicted molar refractivity (Wildman–Crippen MR) is 98.2 cm³/mol. The van der Waals surface area contributed by atoms with Gasteiger partial charge in [-0.1, -0.05) is 30.7 Å². The van der Waals surface area contributed by atoms with Crippen molar-refractivity contribution in [2.24, 2.45) is 0 Å². The minimum absolute atomic E-state index is 0.0609. The molecule has 2 aromatic rings. The number of likely N-dealkylation sites (N-methyl/N-ethyl adjacent to an activating group) is 1. The van der Waals surface area contributed by atoms with Crippen molar-refractivity contribution in [3.05, 3.63) is 71.0 Å².